The van der Waals surface area contributed by atoms with E-state index in [0.29, 0.717) is 11.3 Å². The van der Waals surface area contributed by atoms with E-state index in [9.17, 15) is 39.3 Å². The molecule has 0 spiro atoms. The average Bonchev–Trinajstić information content (AvgIpc) is 3.38. The van der Waals surface area contributed by atoms with E-state index in [4.69, 9.17) is 11.5 Å². The van der Waals surface area contributed by atoms with Crippen LogP contribution in [0.2, 0.25) is 0 Å². The maximum atomic E-state index is 13.0. The van der Waals surface area contributed by atoms with Gasteiger partial charge < -0.3 is 47.7 Å². The van der Waals surface area contributed by atoms with Crippen molar-refractivity contribution >= 4 is 29.6 Å². The Balaban J connectivity index is 2.10. The standard InChI is InChI=1S/C24H33N7O8/c1-12(32)20(23(37)30-18(24(38)39)9-14-10-27-11-28-14)31-22(36)17(6-7-19(26)34)29-21(35)16(25)8-13-2-4-15(33)5-3-13/h2-5,10-12,16-18,20,32-33H,6-9,25H2,1H3,(H2,26,34)(H,27,28)(H,29,35)(H,30,37)(H,31,36)(H,38,39). The van der Waals surface area contributed by atoms with Crippen LogP contribution in [-0.4, -0.2) is 85.2 Å². The molecule has 15 nitrogen and oxygen atoms in total. The molecule has 0 saturated heterocycles. The fourth-order valence-electron chi connectivity index (χ4n) is 3.55. The third kappa shape index (κ3) is 10.1. The molecule has 0 aliphatic rings. The third-order valence-corrected chi connectivity index (χ3v) is 5.70. The van der Waals surface area contributed by atoms with Crippen molar-refractivity contribution in [2.45, 2.75) is 62.9 Å². The number of H-pyrrole nitrogens is 1. The van der Waals surface area contributed by atoms with Crippen LogP contribution in [0.15, 0.2) is 36.8 Å². The van der Waals surface area contributed by atoms with Crippen LogP contribution in [0.5, 0.6) is 5.75 Å². The molecule has 0 fully saturated rings. The van der Waals surface area contributed by atoms with Gasteiger partial charge in [0.1, 0.15) is 23.9 Å². The molecule has 1 aromatic heterocycles. The Bertz CT molecular complexity index is 1140. The Hall–Kier alpha value is -4.50. The van der Waals surface area contributed by atoms with E-state index in [0.717, 1.165) is 0 Å². The Morgan fingerprint density at radius 2 is 1.62 bits per heavy atom. The molecule has 2 aromatic rings. The Kier molecular flexibility index (Phi) is 11.4. The van der Waals surface area contributed by atoms with Crippen molar-refractivity contribution < 1.29 is 39.3 Å². The monoisotopic (exact) mass is 547 g/mol. The van der Waals surface area contributed by atoms with Crippen LogP contribution in [0, 0.1) is 0 Å². The van der Waals surface area contributed by atoms with Crippen molar-refractivity contribution in [3.63, 3.8) is 0 Å². The van der Waals surface area contributed by atoms with E-state index >= 15 is 0 Å². The molecular weight excluding hydrogens is 514 g/mol. The number of hydrogen-bond acceptors (Lipinski definition) is 9. The zero-order valence-corrected chi connectivity index (χ0v) is 21.2. The van der Waals surface area contributed by atoms with E-state index < -0.39 is 59.9 Å². The SMILES string of the molecule is CC(O)C(NC(=O)C(CCC(N)=O)NC(=O)C(N)Cc1ccc(O)cc1)C(=O)NC(Cc1cnc[nH]1)C(=O)O. The maximum Gasteiger partial charge on any atom is 0.326 e. The minimum Gasteiger partial charge on any atom is -0.508 e. The smallest absolute Gasteiger partial charge is 0.326 e. The summed E-state index contributed by atoms with van der Waals surface area (Å²) in [7, 11) is 0. The number of phenols is 1. The number of nitrogens with zero attached hydrogens (tertiary/aromatic N) is 1. The van der Waals surface area contributed by atoms with Crippen molar-refractivity contribution in [3.05, 3.63) is 48.0 Å². The number of aliphatic hydroxyl groups excluding tert-OH is 1. The summed E-state index contributed by atoms with van der Waals surface area (Å²) in [6.07, 6.45) is 0.673. The molecule has 212 valence electrons. The van der Waals surface area contributed by atoms with E-state index in [1.807, 2.05) is 0 Å². The summed E-state index contributed by atoms with van der Waals surface area (Å²) in [5.74, 6) is -4.73. The van der Waals surface area contributed by atoms with Gasteiger partial charge in [0.2, 0.25) is 23.6 Å². The minimum absolute atomic E-state index is 0.0349. The summed E-state index contributed by atoms with van der Waals surface area (Å²) in [6, 6.07) is 0.532. The molecule has 11 N–H and O–H groups in total. The number of nitrogens with two attached hydrogens (primary N) is 2. The summed E-state index contributed by atoms with van der Waals surface area (Å²) in [4.78, 5) is 68.1. The van der Waals surface area contributed by atoms with Crippen molar-refractivity contribution in [2.24, 2.45) is 11.5 Å². The number of aliphatic hydroxyl groups is 1. The van der Waals surface area contributed by atoms with Gasteiger partial charge in [-0.15, -0.1) is 0 Å². The lowest BCUT2D eigenvalue weighted by molar-refractivity contribution is -0.143. The predicted octanol–water partition coefficient (Wildman–Crippen LogP) is -2.59. The zero-order valence-electron chi connectivity index (χ0n) is 21.2. The molecule has 5 unspecified atom stereocenters. The van der Waals surface area contributed by atoms with Gasteiger partial charge in [-0.1, -0.05) is 12.1 Å². The average molecular weight is 548 g/mol. The molecule has 0 aliphatic carbocycles. The van der Waals surface area contributed by atoms with Gasteiger partial charge in [0.25, 0.3) is 0 Å². The van der Waals surface area contributed by atoms with Crippen molar-refractivity contribution in [3.8, 4) is 5.75 Å². The summed E-state index contributed by atoms with van der Waals surface area (Å²) >= 11 is 0. The third-order valence-electron chi connectivity index (χ3n) is 5.70. The van der Waals surface area contributed by atoms with Crippen molar-refractivity contribution in [2.75, 3.05) is 0 Å². The Labute approximate surface area is 223 Å². The van der Waals surface area contributed by atoms with Crippen molar-refractivity contribution in [1.82, 2.24) is 25.9 Å². The molecule has 5 atom stereocenters. The molecule has 15 heteroatoms. The molecule has 0 saturated carbocycles. The van der Waals surface area contributed by atoms with Crippen LogP contribution in [-0.2, 0) is 36.8 Å². The molecule has 1 heterocycles. The lowest BCUT2D eigenvalue weighted by Gasteiger charge is -2.26. The first-order valence-corrected chi connectivity index (χ1v) is 12.0. The fourth-order valence-corrected chi connectivity index (χ4v) is 3.55. The number of primary amides is 1. The molecule has 1 aromatic carbocycles. The zero-order chi connectivity index (χ0) is 29.1. The van der Waals surface area contributed by atoms with Gasteiger partial charge in [0, 0.05) is 24.7 Å². The number of aromatic nitrogens is 2. The van der Waals surface area contributed by atoms with Gasteiger partial charge in [0.05, 0.1) is 18.5 Å². The highest BCUT2D eigenvalue weighted by Gasteiger charge is 2.33. The second kappa shape index (κ2) is 14.4. The topological polar surface area (TPSA) is 263 Å². The number of aliphatic carboxylic acids is 1. The summed E-state index contributed by atoms with van der Waals surface area (Å²) in [5, 5.41) is 36.0. The first-order chi connectivity index (χ1) is 18.4. The Morgan fingerprint density at radius 3 is 2.15 bits per heavy atom. The van der Waals surface area contributed by atoms with Gasteiger partial charge in [-0.3, -0.25) is 19.2 Å². The lowest BCUT2D eigenvalue weighted by Crippen LogP contribution is -2.60. The first kappa shape index (κ1) is 30.7. The summed E-state index contributed by atoms with van der Waals surface area (Å²) in [5.41, 5.74) is 12.2. The number of carbonyl (C=O) groups excluding carboxylic acids is 4. The van der Waals surface area contributed by atoms with Gasteiger partial charge in [-0.2, -0.15) is 0 Å². The highest BCUT2D eigenvalue weighted by atomic mass is 16.4. The van der Waals surface area contributed by atoms with Crippen molar-refractivity contribution in [1.29, 1.82) is 0 Å². The van der Waals surface area contributed by atoms with Gasteiger partial charge in [-0.25, -0.2) is 9.78 Å². The molecule has 2 rings (SSSR count). The van der Waals surface area contributed by atoms with Gasteiger partial charge >= 0.3 is 5.97 Å². The summed E-state index contributed by atoms with van der Waals surface area (Å²) in [6.45, 7) is 1.21. The van der Waals surface area contributed by atoms with E-state index in [-0.39, 0.29) is 31.4 Å². The number of aromatic amines is 1. The molecule has 39 heavy (non-hydrogen) atoms. The largest absolute Gasteiger partial charge is 0.508 e. The number of imidazole rings is 1. The quantitative estimate of drug-likeness (QED) is 0.112. The normalized spacial score (nSPS) is 14.7. The van der Waals surface area contributed by atoms with Crippen LogP contribution in [0.1, 0.15) is 31.0 Å². The highest BCUT2D eigenvalue weighted by molar-refractivity contribution is 5.94. The van der Waals surface area contributed by atoms with E-state index in [1.165, 1.54) is 31.6 Å². The number of aromatic hydroxyl groups is 1. The summed E-state index contributed by atoms with van der Waals surface area (Å²) < 4.78 is 0. The number of carbonyl (C=O) groups is 5. The number of rotatable bonds is 15. The minimum atomic E-state index is -1.60. The van der Waals surface area contributed by atoms with Crippen LogP contribution in [0.3, 0.4) is 0 Å². The molecule has 0 radical (unpaired) electrons. The number of benzene rings is 1. The predicted molar refractivity (Wildman–Crippen MR) is 136 cm³/mol. The van der Waals surface area contributed by atoms with Crippen LogP contribution in [0.25, 0.3) is 0 Å². The number of phenolic OH excluding ortho intramolecular Hbond substituents is 1. The van der Waals surface area contributed by atoms with Crippen LogP contribution < -0.4 is 27.4 Å². The van der Waals surface area contributed by atoms with Gasteiger partial charge in [-0.05, 0) is 37.5 Å². The highest BCUT2D eigenvalue weighted by Crippen LogP contribution is 2.11. The molecular formula is C24H33N7O8. The maximum absolute atomic E-state index is 13.0. The second-order valence-corrected chi connectivity index (χ2v) is 8.95. The lowest BCUT2D eigenvalue weighted by atomic mass is 10.0. The molecule has 0 bridgehead atoms. The van der Waals surface area contributed by atoms with Gasteiger partial charge in [0.15, 0.2) is 0 Å². The van der Waals surface area contributed by atoms with E-state index in [1.54, 1.807) is 12.1 Å². The fraction of sp³-hybridized carbons (Fsp3) is 0.417. The second-order valence-electron chi connectivity index (χ2n) is 8.95. The van der Waals surface area contributed by atoms with Crippen LogP contribution in [0.4, 0.5) is 0 Å². The number of carboxylic acid groups (broad SMARTS) is 1. The van der Waals surface area contributed by atoms with E-state index in [2.05, 4.69) is 25.9 Å². The van der Waals surface area contributed by atoms with Crippen LogP contribution >= 0.6 is 0 Å². The Morgan fingerprint density at radius 1 is 0.974 bits per heavy atom. The molecule has 0 aliphatic heterocycles. The number of amides is 4. The first-order valence-electron chi connectivity index (χ1n) is 12.0. The number of hydrogen-bond donors (Lipinski definition) is 9. The molecule has 4 amide bonds. The number of carboxylic acids is 1. The number of nitrogens with one attached hydrogen (secondary N) is 4.